The van der Waals surface area contributed by atoms with Crippen LogP contribution in [0.2, 0.25) is 0 Å². The Morgan fingerprint density at radius 2 is 2.12 bits per heavy atom. The van der Waals surface area contributed by atoms with E-state index in [2.05, 4.69) is 20.9 Å². The van der Waals surface area contributed by atoms with Crippen LogP contribution in [-0.2, 0) is 4.74 Å². The molecule has 0 bridgehead atoms. The maximum atomic E-state index is 9.20. The van der Waals surface area contributed by atoms with Gasteiger partial charge < -0.3 is 4.74 Å². The van der Waals surface area contributed by atoms with E-state index in [9.17, 15) is 5.26 Å². The summed E-state index contributed by atoms with van der Waals surface area (Å²) < 4.78 is 5.26. The monoisotopic (exact) mass is 218 g/mol. The number of aryl methyl sites for hydroxylation is 1. The van der Waals surface area contributed by atoms with Gasteiger partial charge in [-0.25, -0.2) is 0 Å². The van der Waals surface area contributed by atoms with E-state index in [4.69, 9.17) is 4.74 Å². The predicted molar refractivity (Wildman–Crippen MR) is 57.5 cm³/mol. The molecule has 0 N–H and O–H groups in total. The second kappa shape index (κ2) is 5.01. The van der Waals surface area contributed by atoms with E-state index in [1.165, 1.54) is 0 Å². The quantitative estimate of drug-likeness (QED) is 0.730. The zero-order valence-electron chi connectivity index (χ0n) is 9.26. The van der Waals surface area contributed by atoms with Crippen molar-refractivity contribution in [2.75, 3.05) is 26.3 Å². The van der Waals surface area contributed by atoms with Crippen LogP contribution in [0, 0.1) is 18.3 Å². The Morgan fingerprint density at radius 1 is 1.38 bits per heavy atom. The highest BCUT2D eigenvalue weighted by Gasteiger charge is 2.23. The molecule has 0 saturated carbocycles. The molecule has 1 fully saturated rings. The van der Waals surface area contributed by atoms with Gasteiger partial charge in [0.05, 0.1) is 36.9 Å². The summed E-state index contributed by atoms with van der Waals surface area (Å²) in [4.78, 5) is 10.5. The summed E-state index contributed by atoms with van der Waals surface area (Å²) in [5.74, 6) is 0. The Kier molecular flexibility index (Phi) is 3.44. The average Bonchev–Trinajstić information content (AvgIpc) is 2.34. The van der Waals surface area contributed by atoms with Crippen LogP contribution in [0.15, 0.2) is 12.4 Å². The Morgan fingerprint density at radius 3 is 2.69 bits per heavy atom. The first kappa shape index (κ1) is 11.0. The highest BCUT2D eigenvalue weighted by molar-refractivity contribution is 5.13. The topological polar surface area (TPSA) is 62.0 Å². The second-order valence-electron chi connectivity index (χ2n) is 3.76. The van der Waals surface area contributed by atoms with E-state index in [1.807, 2.05) is 6.92 Å². The summed E-state index contributed by atoms with van der Waals surface area (Å²) in [6, 6.07) is 1.97. The molecule has 0 amide bonds. The fraction of sp³-hybridized carbons (Fsp3) is 0.545. The van der Waals surface area contributed by atoms with Crippen molar-refractivity contribution in [1.82, 2.24) is 14.9 Å². The van der Waals surface area contributed by atoms with Crippen molar-refractivity contribution in [2.24, 2.45) is 0 Å². The first-order valence-electron chi connectivity index (χ1n) is 5.31. The highest BCUT2D eigenvalue weighted by Crippen LogP contribution is 2.18. The maximum Gasteiger partial charge on any atom is 0.142 e. The molecular weight excluding hydrogens is 204 g/mol. The van der Waals surface area contributed by atoms with E-state index in [1.54, 1.807) is 12.4 Å². The van der Waals surface area contributed by atoms with Crippen LogP contribution in [0.4, 0.5) is 0 Å². The van der Waals surface area contributed by atoms with E-state index in [-0.39, 0.29) is 6.04 Å². The van der Waals surface area contributed by atoms with E-state index < -0.39 is 0 Å². The number of aromatic nitrogens is 2. The zero-order valence-corrected chi connectivity index (χ0v) is 9.26. The molecule has 1 aromatic heterocycles. The first-order chi connectivity index (χ1) is 7.81. The predicted octanol–water partition coefficient (Wildman–Crippen LogP) is 0.682. The fourth-order valence-corrected chi connectivity index (χ4v) is 1.71. The highest BCUT2D eigenvalue weighted by atomic mass is 16.5. The number of morpholine rings is 1. The lowest BCUT2D eigenvalue weighted by molar-refractivity contribution is 0.0259. The third-order valence-electron chi connectivity index (χ3n) is 2.61. The lowest BCUT2D eigenvalue weighted by Gasteiger charge is -2.29. The Bertz CT molecular complexity index is 378. The number of nitriles is 1. The molecule has 1 aliphatic rings. The van der Waals surface area contributed by atoms with Crippen LogP contribution in [-0.4, -0.2) is 41.2 Å². The van der Waals surface area contributed by atoms with Gasteiger partial charge in [-0.15, -0.1) is 0 Å². The summed E-state index contributed by atoms with van der Waals surface area (Å²) in [6.45, 7) is 4.78. The Balaban J connectivity index is 2.15. The van der Waals surface area contributed by atoms with E-state index in [0.717, 1.165) is 24.5 Å². The lowest BCUT2D eigenvalue weighted by Crippen LogP contribution is -2.38. The van der Waals surface area contributed by atoms with Gasteiger partial charge in [-0.05, 0) is 6.92 Å². The number of rotatable bonds is 2. The van der Waals surface area contributed by atoms with E-state index in [0.29, 0.717) is 13.2 Å². The van der Waals surface area contributed by atoms with Crippen molar-refractivity contribution in [2.45, 2.75) is 13.0 Å². The first-order valence-corrected chi connectivity index (χ1v) is 5.31. The third-order valence-corrected chi connectivity index (χ3v) is 2.61. The minimum atomic E-state index is -0.308. The van der Waals surface area contributed by atoms with Crippen molar-refractivity contribution < 1.29 is 4.74 Å². The van der Waals surface area contributed by atoms with Crippen molar-refractivity contribution in [3.8, 4) is 6.07 Å². The number of nitrogens with zero attached hydrogens (tertiary/aromatic N) is 4. The fourth-order valence-electron chi connectivity index (χ4n) is 1.71. The molecular formula is C11H14N4O. The standard InChI is InChI=1S/C11H14N4O/c1-9-7-14-10(8-13-9)11(6-12)15-2-4-16-5-3-15/h7-8,11H,2-5H2,1H3. The molecule has 5 nitrogen and oxygen atoms in total. The third kappa shape index (κ3) is 2.35. The second-order valence-corrected chi connectivity index (χ2v) is 3.76. The molecule has 0 aliphatic carbocycles. The Labute approximate surface area is 94.7 Å². The molecule has 5 heteroatoms. The molecule has 2 rings (SSSR count). The molecule has 84 valence electrons. The van der Waals surface area contributed by atoms with Gasteiger partial charge in [0.25, 0.3) is 0 Å². The lowest BCUT2D eigenvalue weighted by atomic mass is 10.2. The van der Waals surface area contributed by atoms with Gasteiger partial charge >= 0.3 is 0 Å². The molecule has 2 heterocycles. The summed E-state index contributed by atoms with van der Waals surface area (Å²) in [5, 5.41) is 9.20. The van der Waals surface area contributed by atoms with Gasteiger partial charge in [-0.1, -0.05) is 0 Å². The molecule has 1 unspecified atom stereocenters. The molecule has 1 saturated heterocycles. The van der Waals surface area contributed by atoms with Gasteiger partial charge in [0.15, 0.2) is 0 Å². The van der Waals surface area contributed by atoms with Crippen molar-refractivity contribution in [3.05, 3.63) is 23.8 Å². The summed E-state index contributed by atoms with van der Waals surface area (Å²) in [7, 11) is 0. The van der Waals surface area contributed by atoms with Crippen LogP contribution in [0.5, 0.6) is 0 Å². The minimum Gasteiger partial charge on any atom is -0.379 e. The molecule has 1 atom stereocenters. The SMILES string of the molecule is Cc1cnc(C(C#N)N2CCOCC2)cn1. The van der Waals surface area contributed by atoms with Crippen molar-refractivity contribution >= 4 is 0 Å². The number of hydrogen-bond acceptors (Lipinski definition) is 5. The van der Waals surface area contributed by atoms with Crippen molar-refractivity contribution in [1.29, 1.82) is 5.26 Å². The molecule has 0 spiro atoms. The van der Waals surface area contributed by atoms with Crippen LogP contribution in [0.25, 0.3) is 0 Å². The molecule has 0 radical (unpaired) electrons. The maximum absolute atomic E-state index is 9.20. The molecule has 1 aromatic rings. The molecule has 1 aliphatic heterocycles. The largest absolute Gasteiger partial charge is 0.379 e. The summed E-state index contributed by atoms with van der Waals surface area (Å²) >= 11 is 0. The number of hydrogen-bond donors (Lipinski definition) is 0. The van der Waals surface area contributed by atoms with Crippen LogP contribution < -0.4 is 0 Å². The Hall–Kier alpha value is -1.51. The minimum absolute atomic E-state index is 0.308. The summed E-state index contributed by atoms with van der Waals surface area (Å²) in [5.41, 5.74) is 1.58. The van der Waals surface area contributed by atoms with Crippen molar-refractivity contribution in [3.63, 3.8) is 0 Å². The summed E-state index contributed by atoms with van der Waals surface area (Å²) in [6.07, 6.45) is 3.37. The van der Waals surface area contributed by atoms with Crippen LogP contribution in [0.1, 0.15) is 17.4 Å². The number of ether oxygens (including phenoxy) is 1. The van der Waals surface area contributed by atoms with Gasteiger partial charge in [-0.3, -0.25) is 14.9 Å². The molecule has 0 aromatic carbocycles. The van der Waals surface area contributed by atoms with Gasteiger partial charge in [-0.2, -0.15) is 5.26 Å². The van der Waals surface area contributed by atoms with Gasteiger partial charge in [0, 0.05) is 19.3 Å². The smallest absolute Gasteiger partial charge is 0.142 e. The normalized spacial score (nSPS) is 19.0. The van der Waals surface area contributed by atoms with Crippen LogP contribution in [0.3, 0.4) is 0 Å². The van der Waals surface area contributed by atoms with Crippen LogP contribution >= 0.6 is 0 Å². The average molecular weight is 218 g/mol. The van der Waals surface area contributed by atoms with Gasteiger partial charge in [0.2, 0.25) is 0 Å². The zero-order chi connectivity index (χ0) is 11.4. The molecule has 16 heavy (non-hydrogen) atoms. The van der Waals surface area contributed by atoms with E-state index >= 15 is 0 Å². The van der Waals surface area contributed by atoms with Gasteiger partial charge in [0.1, 0.15) is 6.04 Å².